The predicted molar refractivity (Wildman–Crippen MR) is 55.1 cm³/mol. The standard InChI is InChI=1S/C9H19NO2S/c1-9-3-6-10(7-4-9)5-2-8-13(11)12/h9H,2-8H2,1H3,(H,11,12). The normalized spacial score (nSPS) is 23.2. The van der Waals surface area contributed by atoms with Gasteiger partial charge in [-0.25, -0.2) is 4.21 Å². The summed E-state index contributed by atoms with van der Waals surface area (Å²) in [6, 6.07) is 0. The fourth-order valence-corrected chi connectivity index (χ4v) is 2.07. The van der Waals surface area contributed by atoms with Crippen molar-refractivity contribution in [3.05, 3.63) is 0 Å². The molecule has 1 unspecified atom stereocenters. The van der Waals surface area contributed by atoms with Crippen LogP contribution in [0.2, 0.25) is 0 Å². The summed E-state index contributed by atoms with van der Waals surface area (Å²) in [4.78, 5) is 2.40. The van der Waals surface area contributed by atoms with Crippen molar-refractivity contribution in [2.24, 2.45) is 5.92 Å². The highest BCUT2D eigenvalue weighted by Crippen LogP contribution is 2.15. The fourth-order valence-electron chi connectivity index (χ4n) is 1.70. The van der Waals surface area contributed by atoms with E-state index in [4.69, 9.17) is 4.55 Å². The van der Waals surface area contributed by atoms with Gasteiger partial charge in [-0.2, -0.15) is 0 Å². The minimum atomic E-state index is -1.60. The van der Waals surface area contributed by atoms with Crippen LogP contribution in [0.1, 0.15) is 26.2 Å². The van der Waals surface area contributed by atoms with Crippen molar-refractivity contribution >= 4 is 11.1 Å². The first-order valence-electron chi connectivity index (χ1n) is 4.98. The fraction of sp³-hybridized carbons (Fsp3) is 1.00. The van der Waals surface area contributed by atoms with Crippen LogP contribution in [0, 0.1) is 5.92 Å². The molecule has 0 spiro atoms. The van der Waals surface area contributed by atoms with E-state index in [1.165, 1.54) is 25.9 Å². The lowest BCUT2D eigenvalue weighted by Gasteiger charge is -2.29. The monoisotopic (exact) mass is 205 g/mol. The average Bonchev–Trinajstić information content (AvgIpc) is 2.08. The topological polar surface area (TPSA) is 40.5 Å². The molecule has 13 heavy (non-hydrogen) atoms. The van der Waals surface area contributed by atoms with Gasteiger partial charge < -0.3 is 9.45 Å². The second-order valence-corrected chi connectivity index (χ2v) is 4.95. The Labute approximate surface area is 82.8 Å². The molecule has 0 saturated carbocycles. The SMILES string of the molecule is CC1CCN(CCCS(=O)O)CC1. The van der Waals surface area contributed by atoms with Gasteiger partial charge in [-0.05, 0) is 44.8 Å². The molecule has 4 heteroatoms. The van der Waals surface area contributed by atoms with Crippen LogP contribution in [0.25, 0.3) is 0 Å². The smallest absolute Gasteiger partial charge is 0.152 e. The summed E-state index contributed by atoms with van der Waals surface area (Å²) in [6.07, 6.45) is 3.40. The molecule has 3 nitrogen and oxygen atoms in total. The van der Waals surface area contributed by atoms with Gasteiger partial charge in [0.05, 0.1) is 5.75 Å². The van der Waals surface area contributed by atoms with E-state index in [9.17, 15) is 4.21 Å². The highest BCUT2D eigenvalue weighted by Gasteiger charge is 2.14. The van der Waals surface area contributed by atoms with Crippen molar-refractivity contribution in [2.45, 2.75) is 26.2 Å². The van der Waals surface area contributed by atoms with E-state index in [-0.39, 0.29) is 0 Å². The number of likely N-dealkylation sites (tertiary alicyclic amines) is 1. The molecule has 0 aromatic rings. The third kappa shape index (κ3) is 4.74. The van der Waals surface area contributed by atoms with Gasteiger partial charge in [-0.3, -0.25) is 0 Å². The van der Waals surface area contributed by atoms with Crippen molar-refractivity contribution in [3.63, 3.8) is 0 Å². The molecule has 0 aromatic heterocycles. The van der Waals surface area contributed by atoms with E-state index in [0.717, 1.165) is 18.9 Å². The molecular formula is C9H19NO2S. The Bertz CT molecular complexity index is 167. The van der Waals surface area contributed by atoms with Gasteiger partial charge in [-0.1, -0.05) is 6.92 Å². The van der Waals surface area contributed by atoms with Crippen LogP contribution >= 0.6 is 0 Å². The zero-order valence-electron chi connectivity index (χ0n) is 8.24. The molecule has 1 aliphatic rings. The Morgan fingerprint density at radius 2 is 2.08 bits per heavy atom. The van der Waals surface area contributed by atoms with Crippen molar-refractivity contribution < 1.29 is 8.76 Å². The van der Waals surface area contributed by atoms with Crippen LogP contribution in [0.5, 0.6) is 0 Å². The van der Waals surface area contributed by atoms with Crippen molar-refractivity contribution in [2.75, 3.05) is 25.4 Å². The number of hydrogen-bond donors (Lipinski definition) is 1. The molecule has 0 aromatic carbocycles. The lowest BCUT2D eigenvalue weighted by molar-refractivity contribution is 0.193. The molecule has 1 heterocycles. The zero-order valence-corrected chi connectivity index (χ0v) is 9.05. The molecule has 1 atom stereocenters. The van der Waals surface area contributed by atoms with Gasteiger partial charge >= 0.3 is 0 Å². The summed E-state index contributed by atoms with van der Waals surface area (Å²) < 4.78 is 19.0. The predicted octanol–water partition coefficient (Wildman–Crippen LogP) is 1.33. The Morgan fingerprint density at radius 3 is 2.62 bits per heavy atom. The molecule has 1 saturated heterocycles. The average molecular weight is 205 g/mol. The Hall–Kier alpha value is 0.0700. The van der Waals surface area contributed by atoms with Crippen LogP contribution in [-0.2, 0) is 11.1 Å². The molecule has 1 fully saturated rings. The quantitative estimate of drug-likeness (QED) is 0.704. The lowest BCUT2D eigenvalue weighted by atomic mass is 9.99. The third-order valence-corrected chi connectivity index (χ3v) is 3.31. The van der Waals surface area contributed by atoms with Gasteiger partial charge in [0.15, 0.2) is 11.1 Å². The Morgan fingerprint density at radius 1 is 1.46 bits per heavy atom. The second kappa shape index (κ2) is 5.73. The third-order valence-electron chi connectivity index (χ3n) is 2.67. The zero-order chi connectivity index (χ0) is 9.68. The summed E-state index contributed by atoms with van der Waals surface area (Å²) in [5.74, 6) is 1.29. The summed E-state index contributed by atoms with van der Waals surface area (Å²) in [6.45, 7) is 5.61. The summed E-state index contributed by atoms with van der Waals surface area (Å²) >= 11 is -1.60. The first-order valence-corrected chi connectivity index (χ1v) is 6.26. The van der Waals surface area contributed by atoms with Crippen LogP contribution < -0.4 is 0 Å². The summed E-state index contributed by atoms with van der Waals surface area (Å²) in [5.41, 5.74) is 0. The van der Waals surface area contributed by atoms with E-state index in [1.807, 2.05) is 0 Å². The van der Waals surface area contributed by atoms with Crippen molar-refractivity contribution in [3.8, 4) is 0 Å². The van der Waals surface area contributed by atoms with Gasteiger partial charge in [0.1, 0.15) is 0 Å². The molecule has 0 bridgehead atoms. The highest BCUT2D eigenvalue weighted by atomic mass is 32.2. The van der Waals surface area contributed by atoms with Gasteiger partial charge in [0, 0.05) is 0 Å². The number of hydrogen-bond acceptors (Lipinski definition) is 2. The number of nitrogens with zero attached hydrogens (tertiary/aromatic N) is 1. The molecule has 0 radical (unpaired) electrons. The number of piperidine rings is 1. The molecular weight excluding hydrogens is 186 g/mol. The highest BCUT2D eigenvalue weighted by molar-refractivity contribution is 7.79. The molecule has 0 aliphatic carbocycles. The van der Waals surface area contributed by atoms with Crippen LogP contribution in [0.3, 0.4) is 0 Å². The van der Waals surface area contributed by atoms with E-state index < -0.39 is 11.1 Å². The van der Waals surface area contributed by atoms with Crippen LogP contribution in [-0.4, -0.2) is 39.0 Å². The molecule has 1 N–H and O–H groups in total. The van der Waals surface area contributed by atoms with Crippen LogP contribution in [0.4, 0.5) is 0 Å². The Balaban J connectivity index is 2.05. The maximum atomic E-state index is 10.4. The Kier molecular flexibility index (Phi) is 4.91. The maximum absolute atomic E-state index is 10.4. The van der Waals surface area contributed by atoms with E-state index in [0.29, 0.717) is 5.75 Å². The summed E-state index contributed by atoms with van der Waals surface area (Å²) in [5, 5.41) is 0. The van der Waals surface area contributed by atoms with Gasteiger partial charge in [0.2, 0.25) is 0 Å². The molecule has 78 valence electrons. The second-order valence-electron chi connectivity index (χ2n) is 3.90. The summed E-state index contributed by atoms with van der Waals surface area (Å²) in [7, 11) is 0. The number of rotatable bonds is 4. The molecule has 0 amide bonds. The van der Waals surface area contributed by atoms with Gasteiger partial charge in [-0.15, -0.1) is 0 Å². The van der Waals surface area contributed by atoms with Crippen LogP contribution in [0.15, 0.2) is 0 Å². The first kappa shape index (κ1) is 11.1. The molecule has 1 aliphatic heterocycles. The van der Waals surface area contributed by atoms with E-state index in [2.05, 4.69) is 11.8 Å². The maximum Gasteiger partial charge on any atom is 0.152 e. The van der Waals surface area contributed by atoms with Crippen molar-refractivity contribution in [1.29, 1.82) is 0 Å². The first-order chi connectivity index (χ1) is 6.18. The minimum Gasteiger partial charge on any atom is -0.306 e. The van der Waals surface area contributed by atoms with E-state index in [1.54, 1.807) is 0 Å². The minimum absolute atomic E-state index is 0.423. The molecule has 1 rings (SSSR count). The lowest BCUT2D eigenvalue weighted by Crippen LogP contribution is -2.34. The van der Waals surface area contributed by atoms with E-state index >= 15 is 0 Å². The van der Waals surface area contributed by atoms with Crippen molar-refractivity contribution in [1.82, 2.24) is 4.90 Å². The van der Waals surface area contributed by atoms with Gasteiger partial charge in [0.25, 0.3) is 0 Å². The largest absolute Gasteiger partial charge is 0.306 e.